The average molecular weight is 397 g/mol. The second-order valence-electron chi connectivity index (χ2n) is 6.63. The van der Waals surface area contributed by atoms with Crippen molar-refractivity contribution in [1.29, 1.82) is 0 Å². The van der Waals surface area contributed by atoms with Crippen LogP contribution in [0.3, 0.4) is 0 Å². The molecule has 0 unspecified atom stereocenters. The van der Waals surface area contributed by atoms with Gasteiger partial charge in [0.1, 0.15) is 12.1 Å². The molecule has 5 heteroatoms. The van der Waals surface area contributed by atoms with Crippen LogP contribution in [0.2, 0.25) is 0 Å². The topological polar surface area (TPSA) is 41.0 Å². The summed E-state index contributed by atoms with van der Waals surface area (Å²) >= 11 is 3.56. The van der Waals surface area contributed by atoms with E-state index < -0.39 is 0 Å². The first kappa shape index (κ1) is 16.3. The quantitative estimate of drug-likeness (QED) is 0.691. The van der Waals surface area contributed by atoms with E-state index in [-0.39, 0.29) is 0 Å². The van der Waals surface area contributed by atoms with Gasteiger partial charge in [0.15, 0.2) is 0 Å². The summed E-state index contributed by atoms with van der Waals surface area (Å²) in [6, 6.07) is 15.3. The second-order valence-corrected chi connectivity index (χ2v) is 7.55. The molecule has 128 valence electrons. The molecule has 4 rings (SSSR count). The van der Waals surface area contributed by atoms with Gasteiger partial charge >= 0.3 is 0 Å². The van der Waals surface area contributed by atoms with E-state index >= 15 is 0 Å². The minimum absolute atomic E-state index is 0.512. The summed E-state index contributed by atoms with van der Waals surface area (Å²) in [5.74, 6) is 1.04. The highest BCUT2D eigenvalue weighted by Gasteiger charge is 2.21. The van der Waals surface area contributed by atoms with Crippen LogP contribution >= 0.6 is 15.9 Å². The molecule has 0 atom stereocenters. The van der Waals surface area contributed by atoms with Crippen molar-refractivity contribution in [3.63, 3.8) is 0 Å². The Hall–Kier alpha value is -2.14. The van der Waals surface area contributed by atoms with Crippen LogP contribution in [0, 0.1) is 6.92 Å². The lowest BCUT2D eigenvalue weighted by Crippen LogP contribution is -2.39. The molecule has 0 spiro atoms. The van der Waals surface area contributed by atoms with Crippen molar-refractivity contribution < 1.29 is 0 Å². The molecule has 0 radical (unpaired) electrons. The van der Waals surface area contributed by atoms with E-state index in [1.807, 2.05) is 12.1 Å². The third-order valence-electron chi connectivity index (χ3n) is 4.76. The van der Waals surface area contributed by atoms with Gasteiger partial charge < -0.3 is 10.2 Å². The zero-order chi connectivity index (χ0) is 17.2. The molecular formula is C20H21BrN4. The molecule has 3 aromatic rings. The summed E-state index contributed by atoms with van der Waals surface area (Å²) in [5.41, 5.74) is 3.50. The van der Waals surface area contributed by atoms with Gasteiger partial charge in [0.25, 0.3) is 0 Å². The Bertz CT molecular complexity index is 888. The van der Waals surface area contributed by atoms with Crippen molar-refractivity contribution >= 4 is 38.3 Å². The molecule has 25 heavy (non-hydrogen) atoms. The number of rotatable bonds is 3. The van der Waals surface area contributed by atoms with Crippen LogP contribution in [-0.4, -0.2) is 29.1 Å². The van der Waals surface area contributed by atoms with Gasteiger partial charge in [-0.15, -0.1) is 0 Å². The van der Waals surface area contributed by atoms with E-state index in [9.17, 15) is 0 Å². The maximum absolute atomic E-state index is 4.57. The molecule has 2 aromatic carbocycles. The third-order valence-corrected chi connectivity index (χ3v) is 5.25. The second kappa shape index (κ2) is 7.00. The number of nitrogens with zero attached hydrogens (tertiary/aromatic N) is 3. The first-order valence-corrected chi connectivity index (χ1v) is 9.47. The van der Waals surface area contributed by atoms with Gasteiger partial charge in [-0.05, 0) is 55.7 Å². The van der Waals surface area contributed by atoms with Gasteiger partial charge in [-0.3, -0.25) is 0 Å². The lowest BCUT2D eigenvalue weighted by atomic mass is 10.0. The van der Waals surface area contributed by atoms with Crippen molar-refractivity contribution in [1.82, 2.24) is 9.97 Å². The number of aryl methyl sites for hydroxylation is 1. The maximum Gasteiger partial charge on any atom is 0.139 e. The number of hydrogen-bond acceptors (Lipinski definition) is 4. The molecule has 0 aliphatic carbocycles. The summed E-state index contributed by atoms with van der Waals surface area (Å²) in [4.78, 5) is 11.3. The van der Waals surface area contributed by atoms with Crippen molar-refractivity contribution in [2.45, 2.75) is 25.8 Å². The number of benzene rings is 2. The fourth-order valence-electron chi connectivity index (χ4n) is 3.47. The summed E-state index contributed by atoms with van der Waals surface area (Å²) in [6.07, 6.45) is 3.88. The highest BCUT2D eigenvalue weighted by atomic mass is 79.9. The molecule has 1 aliphatic rings. The Kier molecular flexibility index (Phi) is 4.57. The molecule has 0 saturated carbocycles. The largest absolute Gasteiger partial charge is 0.382 e. The Labute approximate surface area is 156 Å². The molecular weight excluding hydrogens is 376 g/mol. The summed E-state index contributed by atoms with van der Waals surface area (Å²) in [7, 11) is 0. The minimum atomic E-state index is 0.512. The predicted octanol–water partition coefficient (Wildman–Crippen LogP) is 4.78. The van der Waals surface area contributed by atoms with Crippen molar-refractivity contribution in [2.75, 3.05) is 23.3 Å². The minimum Gasteiger partial charge on any atom is -0.382 e. The van der Waals surface area contributed by atoms with Crippen molar-refractivity contribution in [2.24, 2.45) is 0 Å². The fourth-order valence-corrected chi connectivity index (χ4v) is 3.83. The molecule has 0 amide bonds. The summed E-state index contributed by atoms with van der Waals surface area (Å²) < 4.78 is 1.06. The van der Waals surface area contributed by atoms with Gasteiger partial charge in [0.2, 0.25) is 0 Å². The monoisotopic (exact) mass is 396 g/mol. The lowest BCUT2D eigenvalue weighted by Gasteiger charge is -2.34. The van der Waals surface area contributed by atoms with E-state index in [1.54, 1.807) is 6.33 Å². The standard InChI is InChI=1S/C20H21BrN4/c1-14-3-2-4-17(11-14)24-16-7-9-25(10-8-16)20-18-12-15(21)5-6-19(18)22-13-23-20/h2-6,11-13,16,24H,7-10H2,1H3. The smallest absolute Gasteiger partial charge is 0.139 e. The molecule has 1 fully saturated rings. The first-order valence-electron chi connectivity index (χ1n) is 8.67. The van der Waals surface area contributed by atoms with Crippen LogP contribution < -0.4 is 10.2 Å². The van der Waals surface area contributed by atoms with E-state index in [4.69, 9.17) is 0 Å². The molecule has 1 aliphatic heterocycles. The number of nitrogens with one attached hydrogen (secondary N) is 1. The van der Waals surface area contributed by atoms with E-state index in [2.05, 4.69) is 73.4 Å². The third kappa shape index (κ3) is 3.61. The number of fused-ring (bicyclic) bond motifs is 1. The van der Waals surface area contributed by atoms with Crippen molar-refractivity contribution in [3.8, 4) is 0 Å². The van der Waals surface area contributed by atoms with E-state index in [0.717, 1.165) is 47.1 Å². The fraction of sp³-hybridized carbons (Fsp3) is 0.300. The van der Waals surface area contributed by atoms with Crippen LogP contribution in [0.5, 0.6) is 0 Å². The van der Waals surface area contributed by atoms with Gasteiger partial charge in [-0.1, -0.05) is 28.1 Å². The van der Waals surface area contributed by atoms with Crippen LogP contribution in [0.4, 0.5) is 11.5 Å². The summed E-state index contributed by atoms with van der Waals surface area (Å²) in [5, 5.41) is 4.79. The number of halogens is 1. The molecule has 1 N–H and O–H groups in total. The van der Waals surface area contributed by atoms with Gasteiger partial charge in [-0.25, -0.2) is 9.97 Å². The Morgan fingerprint density at radius 1 is 1.08 bits per heavy atom. The van der Waals surface area contributed by atoms with Crippen LogP contribution in [0.1, 0.15) is 18.4 Å². The van der Waals surface area contributed by atoms with Crippen molar-refractivity contribution in [3.05, 3.63) is 58.8 Å². The normalized spacial score (nSPS) is 15.5. The Morgan fingerprint density at radius 2 is 1.92 bits per heavy atom. The zero-order valence-electron chi connectivity index (χ0n) is 14.2. The first-order chi connectivity index (χ1) is 12.2. The predicted molar refractivity (Wildman–Crippen MR) is 107 cm³/mol. The average Bonchev–Trinajstić information content (AvgIpc) is 2.62. The molecule has 1 saturated heterocycles. The maximum atomic E-state index is 4.57. The van der Waals surface area contributed by atoms with Crippen LogP contribution in [-0.2, 0) is 0 Å². The highest BCUT2D eigenvalue weighted by Crippen LogP contribution is 2.28. The summed E-state index contributed by atoms with van der Waals surface area (Å²) in [6.45, 7) is 4.14. The number of aromatic nitrogens is 2. The number of anilines is 2. The van der Waals surface area contributed by atoms with Crippen LogP contribution in [0.25, 0.3) is 10.9 Å². The van der Waals surface area contributed by atoms with Gasteiger partial charge in [-0.2, -0.15) is 0 Å². The number of piperidine rings is 1. The lowest BCUT2D eigenvalue weighted by molar-refractivity contribution is 0.524. The van der Waals surface area contributed by atoms with E-state index in [1.165, 1.54) is 11.3 Å². The molecule has 2 heterocycles. The van der Waals surface area contributed by atoms with Gasteiger partial charge in [0.05, 0.1) is 5.52 Å². The van der Waals surface area contributed by atoms with Crippen LogP contribution in [0.15, 0.2) is 53.3 Å². The molecule has 4 nitrogen and oxygen atoms in total. The molecule has 0 bridgehead atoms. The number of hydrogen-bond donors (Lipinski definition) is 1. The zero-order valence-corrected chi connectivity index (χ0v) is 15.8. The Morgan fingerprint density at radius 3 is 2.72 bits per heavy atom. The highest BCUT2D eigenvalue weighted by molar-refractivity contribution is 9.10. The SMILES string of the molecule is Cc1cccc(NC2CCN(c3ncnc4ccc(Br)cc34)CC2)c1. The molecule has 1 aromatic heterocycles. The van der Waals surface area contributed by atoms with E-state index in [0.29, 0.717) is 6.04 Å². The Balaban J connectivity index is 1.48. The van der Waals surface area contributed by atoms with Gasteiger partial charge in [0, 0.05) is 34.7 Å².